The summed E-state index contributed by atoms with van der Waals surface area (Å²) >= 11 is 0. The Morgan fingerprint density at radius 1 is 1.00 bits per heavy atom. The van der Waals surface area contributed by atoms with Gasteiger partial charge in [-0.2, -0.15) is 0 Å². The van der Waals surface area contributed by atoms with Gasteiger partial charge in [-0.3, -0.25) is 0 Å². The summed E-state index contributed by atoms with van der Waals surface area (Å²) in [6.07, 6.45) is 0. The van der Waals surface area contributed by atoms with Crippen LogP contribution < -0.4 is 0 Å². The molecule has 0 atom stereocenters. The van der Waals surface area contributed by atoms with Crippen LogP contribution in [-0.2, 0) is 92.7 Å². The average Bonchev–Trinajstić information content (AvgIpc) is 0. The maximum Gasteiger partial charge on any atom is 0 e. The van der Waals surface area contributed by atoms with Crippen molar-refractivity contribution in [1.29, 1.82) is 0 Å². The maximum atomic E-state index is 0. The number of rotatable bonds is 0. The van der Waals surface area contributed by atoms with Crippen molar-refractivity contribution in [2.45, 2.75) is 0 Å². The fourth-order valence-electron chi connectivity index (χ4n) is 0. The van der Waals surface area contributed by atoms with Gasteiger partial charge in [0.1, 0.15) is 0 Å². The van der Waals surface area contributed by atoms with Crippen LogP contribution in [-0.4, -0.2) is 5.48 Å². The first-order chi connectivity index (χ1) is 0. The van der Waals surface area contributed by atoms with Crippen LogP contribution in [0.1, 0.15) is 0 Å². The number of hydrogen-bond donors (Lipinski definition) is 0. The van der Waals surface area contributed by atoms with Crippen LogP contribution in [0, 0.1) is 0 Å². The maximum absolute atomic E-state index is 0. The molecular formula is H2NbOTaTiZr. The van der Waals surface area contributed by atoms with Gasteiger partial charge in [-0.25, -0.2) is 0 Å². The summed E-state index contributed by atoms with van der Waals surface area (Å²) < 4.78 is 0. The van der Waals surface area contributed by atoms with E-state index in [9.17, 15) is 0 Å². The fourth-order valence-corrected chi connectivity index (χ4v) is 0. The van der Waals surface area contributed by atoms with Gasteiger partial charge in [0.05, 0.1) is 0 Å². The molecule has 2 N–H and O–H groups in total. The molecule has 0 aromatic rings. The molecule has 0 spiro atoms. The van der Waals surface area contributed by atoms with Crippen LogP contribution in [0.3, 0.4) is 0 Å². The Balaban J connectivity index is 0. The van der Waals surface area contributed by atoms with Crippen LogP contribution in [0.2, 0.25) is 0 Å². The summed E-state index contributed by atoms with van der Waals surface area (Å²) in [4.78, 5) is 0. The first-order valence-electron chi connectivity index (χ1n) is 0. The fraction of sp³-hybridized carbons (Fsp3) is 0. The molecule has 0 unspecified atom stereocenters. The third kappa shape index (κ3) is 19.4. The van der Waals surface area contributed by atoms with Crippen molar-refractivity contribution < 1.29 is 98.2 Å². The third-order valence-electron chi connectivity index (χ3n) is 0. The van der Waals surface area contributed by atoms with E-state index in [1.807, 2.05) is 0 Å². The summed E-state index contributed by atoms with van der Waals surface area (Å²) in [7, 11) is 0. The standard InChI is InChI=1S/Nb.H2O.Ta.Ti.Zr/h;1H2;;;. The van der Waals surface area contributed by atoms with Crippen LogP contribution >= 0.6 is 0 Å². The second kappa shape index (κ2) is 27.8. The van der Waals surface area contributed by atoms with E-state index >= 15 is 0 Å². The molecule has 0 aliphatic carbocycles. The minimum atomic E-state index is 0. The number of hydrogen-bond acceptors (Lipinski definition) is 0. The van der Waals surface area contributed by atoms with E-state index in [4.69, 9.17) is 0 Å². The molecule has 2 radical (unpaired) electrons. The van der Waals surface area contributed by atoms with Crippen molar-refractivity contribution in [1.82, 2.24) is 0 Å². The van der Waals surface area contributed by atoms with E-state index in [-0.39, 0.29) is 98.2 Å². The Kier molecular flexibility index (Phi) is 240. The molecule has 0 aliphatic heterocycles. The molecule has 5 heavy (non-hydrogen) atoms. The van der Waals surface area contributed by atoms with Crippen molar-refractivity contribution in [3.63, 3.8) is 0 Å². The largest absolute Gasteiger partial charge is 0.412 e. The van der Waals surface area contributed by atoms with Gasteiger partial charge < -0.3 is 5.48 Å². The molecule has 0 aliphatic rings. The predicted octanol–water partition coefficient (Wildman–Crippen LogP) is -0.835. The predicted molar refractivity (Wildman–Crippen MR) is 3.61 cm³/mol. The average molecular weight is 431 g/mol. The molecular weight excluding hydrogens is 429 g/mol. The Bertz CT molecular complexity index is 11.6. The molecule has 0 amide bonds. The first kappa shape index (κ1) is 43.1. The second-order valence-corrected chi connectivity index (χ2v) is 0. The van der Waals surface area contributed by atoms with Gasteiger partial charge in [-0.1, -0.05) is 0 Å². The zero-order valence-electron chi connectivity index (χ0n) is 2.39. The second-order valence-electron chi connectivity index (χ2n) is 0. The van der Waals surface area contributed by atoms with Crippen molar-refractivity contribution in [3.8, 4) is 0 Å². The van der Waals surface area contributed by atoms with E-state index in [1.54, 1.807) is 0 Å². The molecule has 0 aromatic heterocycles. The molecule has 5 heteroatoms. The third-order valence-corrected chi connectivity index (χ3v) is 0. The molecule has 0 fully saturated rings. The smallest absolute Gasteiger partial charge is 0 e. The summed E-state index contributed by atoms with van der Waals surface area (Å²) in [6.45, 7) is 0. The molecule has 1 nitrogen and oxygen atoms in total. The van der Waals surface area contributed by atoms with E-state index in [2.05, 4.69) is 0 Å². The molecule has 0 bridgehead atoms. The zero-order valence-corrected chi connectivity index (χ0v) is 11.8. The Hall–Kier alpha value is 3.04. The summed E-state index contributed by atoms with van der Waals surface area (Å²) in [5, 5.41) is 0. The van der Waals surface area contributed by atoms with Crippen LogP contribution in [0.5, 0.6) is 0 Å². The van der Waals surface area contributed by atoms with Crippen LogP contribution in [0.4, 0.5) is 0 Å². The molecule has 0 aromatic carbocycles. The Labute approximate surface area is 96.4 Å². The molecule has 0 rings (SSSR count). The normalized spacial score (nSPS) is 0. The Morgan fingerprint density at radius 2 is 1.00 bits per heavy atom. The van der Waals surface area contributed by atoms with Gasteiger partial charge in [0, 0.05) is 92.7 Å². The van der Waals surface area contributed by atoms with E-state index in [0.717, 1.165) is 0 Å². The van der Waals surface area contributed by atoms with Crippen molar-refractivity contribution in [3.05, 3.63) is 0 Å². The van der Waals surface area contributed by atoms with Gasteiger partial charge in [0.25, 0.3) is 0 Å². The topological polar surface area (TPSA) is 31.5 Å². The van der Waals surface area contributed by atoms with Crippen molar-refractivity contribution in [2.75, 3.05) is 0 Å². The zero-order chi connectivity index (χ0) is 0. The van der Waals surface area contributed by atoms with Gasteiger partial charge in [0.2, 0.25) is 0 Å². The van der Waals surface area contributed by atoms with Crippen molar-refractivity contribution in [2.24, 2.45) is 0 Å². The summed E-state index contributed by atoms with van der Waals surface area (Å²) in [6, 6.07) is 0. The SMILES string of the molecule is O.[Nb].[Ta].[Ti].[Zr]. The Morgan fingerprint density at radius 3 is 1.00 bits per heavy atom. The van der Waals surface area contributed by atoms with Gasteiger partial charge >= 0.3 is 0 Å². The summed E-state index contributed by atoms with van der Waals surface area (Å²) in [5.74, 6) is 0. The molecule has 0 heterocycles. The van der Waals surface area contributed by atoms with Crippen LogP contribution in [0.25, 0.3) is 0 Å². The molecule has 26 valence electrons. The molecule has 0 saturated carbocycles. The van der Waals surface area contributed by atoms with Gasteiger partial charge in [-0.15, -0.1) is 0 Å². The molecule has 0 saturated heterocycles. The summed E-state index contributed by atoms with van der Waals surface area (Å²) in [5.41, 5.74) is 0. The van der Waals surface area contributed by atoms with Gasteiger partial charge in [-0.05, 0) is 0 Å². The van der Waals surface area contributed by atoms with Crippen molar-refractivity contribution >= 4 is 0 Å². The quantitative estimate of drug-likeness (QED) is 0.449. The van der Waals surface area contributed by atoms with Gasteiger partial charge in [0.15, 0.2) is 0 Å². The minimum absolute atomic E-state index is 0. The van der Waals surface area contributed by atoms with E-state index in [0.29, 0.717) is 0 Å². The monoisotopic (exact) mass is 430 g/mol. The van der Waals surface area contributed by atoms with E-state index in [1.165, 1.54) is 0 Å². The first-order valence-corrected chi connectivity index (χ1v) is 0. The van der Waals surface area contributed by atoms with Crippen LogP contribution in [0.15, 0.2) is 0 Å². The minimum Gasteiger partial charge on any atom is -0.412 e. The van der Waals surface area contributed by atoms with E-state index < -0.39 is 0 Å².